The Labute approximate surface area is 126 Å². The molecule has 2 N–H and O–H groups in total. The largest absolute Gasteiger partial charge is 0.314 e. The van der Waals surface area contributed by atoms with E-state index in [1.807, 2.05) is 0 Å². The molecule has 0 aromatic rings. The van der Waals surface area contributed by atoms with Gasteiger partial charge in [-0.15, -0.1) is 0 Å². The van der Waals surface area contributed by atoms with E-state index in [1.165, 1.54) is 77.4 Å². The zero-order chi connectivity index (χ0) is 14.5. The molecule has 0 radical (unpaired) electrons. The van der Waals surface area contributed by atoms with Crippen LogP contribution in [0.5, 0.6) is 0 Å². The molecule has 0 aromatic heterocycles. The molecule has 118 valence electrons. The lowest BCUT2D eigenvalue weighted by atomic mass is 9.78. The van der Waals surface area contributed by atoms with Crippen molar-refractivity contribution in [1.29, 1.82) is 0 Å². The van der Waals surface area contributed by atoms with E-state index in [0.717, 1.165) is 5.92 Å². The summed E-state index contributed by atoms with van der Waals surface area (Å²) >= 11 is 0. The summed E-state index contributed by atoms with van der Waals surface area (Å²) in [6.07, 6.45) is 12.6. The van der Waals surface area contributed by atoms with Crippen LogP contribution >= 0.6 is 0 Å². The zero-order valence-corrected chi connectivity index (χ0v) is 14.1. The van der Waals surface area contributed by atoms with Gasteiger partial charge in [0.1, 0.15) is 0 Å². The fraction of sp³-hybridized carbons (Fsp3) is 1.00. The Morgan fingerprint density at radius 2 is 1.80 bits per heavy atom. The molecule has 0 aromatic carbocycles. The van der Waals surface area contributed by atoms with Gasteiger partial charge >= 0.3 is 0 Å². The Morgan fingerprint density at radius 3 is 2.35 bits per heavy atom. The van der Waals surface area contributed by atoms with E-state index in [0.29, 0.717) is 11.0 Å². The van der Waals surface area contributed by atoms with E-state index < -0.39 is 0 Å². The molecule has 2 nitrogen and oxygen atoms in total. The van der Waals surface area contributed by atoms with Gasteiger partial charge in [-0.2, -0.15) is 0 Å². The molecule has 20 heavy (non-hydrogen) atoms. The van der Waals surface area contributed by atoms with E-state index >= 15 is 0 Å². The summed E-state index contributed by atoms with van der Waals surface area (Å²) in [5, 5.41) is 7.67. The molecule has 0 bridgehead atoms. The van der Waals surface area contributed by atoms with E-state index in [9.17, 15) is 0 Å². The summed E-state index contributed by atoms with van der Waals surface area (Å²) in [5.74, 6) is 0.837. The van der Waals surface area contributed by atoms with Crippen LogP contribution in [0.25, 0.3) is 0 Å². The first-order chi connectivity index (χ1) is 9.60. The van der Waals surface area contributed by atoms with Crippen LogP contribution < -0.4 is 10.6 Å². The Kier molecular flexibility index (Phi) is 5.92. The SMILES string of the molecule is CCCC1(CNCC2(CC(C)C)CCCC2)CCCN1. The molecule has 2 fully saturated rings. The molecule has 1 atom stereocenters. The van der Waals surface area contributed by atoms with Crippen LogP contribution in [0.3, 0.4) is 0 Å². The maximum Gasteiger partial charge on any atom is 0.0306 e. The molecule has 2 rings (SSSR count). The lowest BCUT2D eigenvalue weighted by Gasteiger charge is -2.35. The standard InChI is InChI=1S/C18H36N2/c1-4-8-18(11-7-12-20-18)15-19-14-17(13-16(2)3)9-5-6-10-17/h16,19-20H,4-15H2,1-3H3. The van der Waals surface area contributed by atoms with Gasteiger partial charge in [0.15, 0.2) is 0 Å². The molecule has 0 spiro atoms. The second-order valence-corrected chi connectivity index (χ2v) is 7.97. The Bertz CT molecular complexity index is 273. The van der Waals surface area contributed by atoms with Crippen molar-refractivity contribution in [3.8, 4) is 0 Å². The zero-order valence-electron chi connectivity index (χ0n) is 14.1. The van der Waals surface area contributed by atoms with Crippen LogP contribution in [0.4, 0.5) is 0 Å². The van der Waals surface area contributed by atoms with Gasteiger partial charge in [0.25, 0.3) is 0 Å². The van der Waals surface area contributed by atoms with Crippen molar-refractivity contribution >= 4 is 0 Å². The molecule has 1 heterocycles. The highest BCUT2D eigenvalue weighted by atomic mass is 15.1. The van der Waals surface area contributed by atoms with Gasteiger partial charge < -0.3 is 10.6 Å². The Balaban J connectivity index is 1.83. The normalized spacial score (nSPS) is 29.4. The first-order valence-electron chi connectivity index (χ1n) is 9.06. The minimum Gasteiger partial charge on any atom is -0.314 e. The summed E-state index contributed by atoms with van der Waals surface area (Å²) in [6, 6.07) is 0. The smallest absolute Gasteiger partial charge is 0.0306 e. The average Bonchev–Trinajstić information content (AvgIpc) is 3.00. The molecule has 2 aliphatic rings. The third-order valence-electron chi connectivity index (χ3n) is 5.53. The lowest BCUT2D eigenvalue weighted by molar-refractivity contribution is 0.210. The van der Waals surface area contributed by atoms with Crippen molar-refractivity contribution in [2.24, 2.45) is 11.3 Å². The second kappa shape index (κ2) is 7.26. The summed E-state index contributed by atoms with van der Waals surface area (Å²) in [5.41, 5.74) is 1.02. The Hall–Kier alpha value is -0.0800. The van der Waals surface area contributed by atoms with Crippen molar-refractivity contribution in [3.63, 3.8) is 0 Å². The van der Waals surface area contributed by atoms with E-state index in [1.54, 1.807) is 0 Å². The molecular weight excluding hydrogens is 244 g/mol. The van der Waals surface area contributed by atoms with Crippen LogP contribution in [-0.2, 0) is 0 Å². The third-order valence-corrected chi connectivity index (χ3v) is 5.53. The molecule has 1 saturated carbocycles. The summed E-state index contributed by atoms with van der Waals surface area (Å²) in [7, 11) is 0. The number of rotatable bonds is 8. The van der Waals surface area contributed by atoms with E-state index in [2.05, 4.69) is 31.4 Å². The molecule has 0 amide bonds. The lowest BCUT2D eigenvalue weighted by Crippen LogP contribution is -2.50. The molecule has 1 saturated heterocycles. The van der Waals surface area contributed by atoms with E-state index in [-0.39, 0.29) is 0 Å². The van der Waals surface area contributed by atoms with E-state index in [4.69, 9.17) is 0 Å². The van der Waals surface area contributed by atoms with Crippen LogP contribution in [0.2, 0.25) is 0 Å². The van der Waals surface area contributed by atoms with Gasteiger partial charge in [0.05, 0.1) is 0 Å². The highest BCUT2D eigenvalue weighted by molar-refractivity contribution is 4.96. The predicted octanol–water partition coefficient (Wildman–Crippen LogP) is 4.10. The quantitative estimate of drug-likeness (QED) is 0.699. The van der Waals surface area contributed by atoms with Crippen molar-refractivity contribution in [1.82, 2.24) is 10.6 Å². The monoisotopic (exact) mass is 280 g/mol. The fourth-order valence-corrected chi connectivity index (χ4v) is 4.81. The van der Waals surface area contributed by atoms with Gasteiger partial charge in [-0.1, -0.05) is 40.0 Å². The number of hydrogen-bond acceptors (Lipinski definition) is 2. The third kappa shape index (κ3) is 4.21. The maximum atomic E-state index is 3.88. The van der Waals surface area contributed by atoms with Crippen molar-refractivity contribution in [3.05, 3.63) is 0 Å². The fourth-order valence-electron chi connectivity index (χ4n) is 4.81. The topological polar surface area (TPSA) is 24.1 Å². The highest BCUT2D eigenvalue weighted by Crippen LogP contribution is 2.42. The molecular formula is C18H36N2. The summed E-state index contributed by atoms with van der Waals surface area (Å²) in [6.45, 7) is 10.7. The Morgan fingerprint density at radius 1 is 1.05 bits per heavy atom. The van der Waals surface area contributed by atoms with Crippen LogP contribution in [0, 0.1) is 11.3 Å². The highest BCUT2D eigenvalue weighted by Gasteiger charge is 2.36. The minimum absolute atomic E-state index is 0.409. The van der Waals surface area contributed by atoms with Gasteiger partial charge in [0, 0.05) is 18.6 Å². The van der Waals surface area contributed by atoms with Gasteiger partial charge in [-0.25, -0.2) is 0 Å². The minimum atomic E-state index is 0.409. The van der Waals surface area contributed by atoms with Crippen molar-refractivity contribution in [2.75, 3.05) is 19.6 Å². The summed E-state index contributed by atoms with van der Waals surface area (Å²) in [4.78, 5) is 0. The van der Waals surface area contributed by atoms with Crippen LogP contribution in [0.15, 0.2) is 0 Å². The number of nitrogens with one attached hydrogen (secondary N) is 2. The van der Waals surface area contributed by atoms with Crippen LogP contribution in [-0.4, -0.2) is 25.2 Å². The first-order valence-corrected chi connectivity index (χ1v) is 9.06. The first kappa shape index (κ1) is 16.3. The van der Waals surface area contributed by atoms with Crippen LogP contribution in [0.1, 0.15) is 78.6 Å². The van der Waals surface area contributed by atoms with Crippen molar-refractivity contribution in [2.45, 2.75) is 84.1 Å². The van der Waals surface area contributed by atoms with Gasteiger partial charge in [-0.05, 0) is 56.4 Å². The maximum absolute atomic E-state index is 3.88. The summed E-state index contributed by atoms with van der Waals surface area (Å²) < 4.78 is 0. The second-order valence-electron chi connectivity index (χ2n) is 7.97. The molecule has 2 heteroatoms. The average molecular weight is 280 g/mol. The van der Waals surface area contributed by atoms with Gasteiger partial charge in [0.2, 0.25) is 0 Å². The molecule has 1 aliphatic heterocycles. The molecule has 1 aliphatic carbocycles. The van der Waals surface area contributed by atoms with Gasteiger partial charge in [-0.3, -0.25) is 0 Å². The number of hydrogen-bond donors (Lipinski definition) is 2. The predicted molar refractivity (Wildman–Crippen MR) is 88.1 cm³/mol. The molecule has 1 unspecified atom stereocenters. The van der Waals surface area contributed by atoms with Crippen molar-refractivity contribution < 1.29 is 0 Å².